The lowest BCUT2D eigenvalue weighted by Gasteiger charge is -2.02. The zero-order chi connectivity index (χ0) is 21.8. The fraction of sp³-hybridized carbons (Fsp3) is 0.174. The molecule has 0 radical (unpaired) electrons. The molecule has 0 saturated carbocycles. The molecule has 8 heteroatoms. The maximum Gasteiger partial charge on any atom is 0.306 e. The van der Waals surface area contributed by atoms with E-state index in [4.69, 9.17) is 13.6 Å². The third-order valence-electron chi connectivity index (χ3n) is 4.58. The summed E-state index contributed by atoms with van der Waals surface area (Å²) < 4.78 is 43.3. The summed E-state index contributed by atoms with van der Waals surface area (Å²) in [5.41, 5.74) is 1.47. The zero-order valence-corrected chi connectivity index (χ0v) is 16.6. The molecule has 158 valence electrons. The Balaban J connectivity index is 1.31. The first-order chi connectivity index (χ1) is 15.0. The van der Waals surface area contributed by atoms with Gasteiger partial charge in [0.25, 0.3) is 0 Å². The molecule has 0 aliphatic heterocycles. The molecule has 0 spiro atoms. The number of nitrogens with zero attached hydrogens (tertiary/aromatic N) is 2. The Labute approximate surface area is 176 Å². The molecule has 6 nitrogen and oxygen atoms in total. The molecule has 0 fully saturated rings. The number of hydrogen-bond donors (Lipinski definition) is 0. The normalized spacial score (nSPS) is 10.9. The second-order valence-electron chi connectivity index (χ2n) is 6.79. The minimum absolute atomic E-state index is 0.0153. The Hall–Kier alpha value is -3.81. The van der Waals surface area contributed by atoms with Crippen molar-refractivity contribution in [1.29, 1.82) is 0 Å². The van der Waals surface area contributed by atoms with Gasteiger partial charge in [0.2, 0.25) is 5.89 Å². The highest BCUT2D eigenvalue weighted by Crippen LogP contribution is 2.25. The molecule has 0 unspecified atom stereocenters. The molecule has 0 aliphatic carbocycles. The summed E-state index contributed by atoms with van der Waals surface area (Å²) >= 11 is 0. The van der Waals surface area contributed by atoms with Crippen LogP contribution in [0.25, 0.3) is 22.8 Å². The van der Waals surface area contributed by atoms with Crippen molar-refractivity contribution in [1.82, 2.24) is 9.97 Å². The molecule has 31 heavy (non-hydrogen) atoms. The van der Waals surface area contributed by atoms with Gasteiger partial charge in [0, 0.05) is 18.1 Å². The van der Waals surface area contributed by atoms with Crippen molar-refractivity contribution in [2.45, 2.75) is 26.4 Å². The van der Waals surface area contributed by atoms with E-state index in [0.29, 0.717) is 17.3 Å². The number of hydrogen-bond acceptors (Lipinski definition) is 6. The number of rotatable bonds is 7. The summed E-state index contributed by atoms with van der Waals surface area (Å²) in [5.74, 6) is -0.444. The average molecular weight is 424 g/mol. The topological polar surface area (TPSA) is 78.4 Å². The summed E-state index contributed by atoms with van der Waals surface area (Å²) in [7, 11) is 0. The predicted octanol–water partition coefficient (Wildman–Crippen LogP) is 5.26. The molecular weight excluding hydrogens is 406 g/mol. The van der Waals surface area contributed by atoms with Gasteiger partial charge in [-0.15, -0.1) is 0 Å². The maximum atomic E-state index is 13.8. The lowest BCUT2D eigenvalue weighted by atomic mass is 10.2. The van der Waals surface area contributed by atoms with Crippen LogP contribution in [0.2, 0.25) is 0 Å². The van der Waals surface area contributed by atoms with Crippen molar-refractivity contribution in [3.05, 3.63) is 83.7 Å². The van der Waals surface area contributed by atoms with Gasteiger partial charge in [-0.25, -0.2) is 18.7 Å². The summed E-state index contributed by atoms with van der Waals surface area (Å²) in [5, 5.41) is 0. The average Bonchev–Trinajstić information content (AvgIpc) is 3.38. The maximum absolute atomic E-state index is 13.8. The Morgan fingerprint density at radius 2 is 1.90 bits per heavy atom. The van der Waals surface area contributed by atoms with Crippen molar-refractivity contribution >= 4 is 5.97 Å². The molecule has 0 aliphatic rings. The molecule has 0 amide bonds. The smallest absolute Gasteiger partial charge is 0.306 e. The van der Waals surface area contributed by atoms with Crippen molar-refractivity contribution < 1.29 is 27.1 Å². The van der Waals surface area contributed by atoms with Crippen LogP contribution < -0.4 is 0 Å². The number of esters is 1. The largest absolute Gasteiger partial charge is 0.459 e. The number of aryl methyl sites for hydroxylation is 2. The minimum Gasteiger partial charge on any atom is -0.459 e. The first-order valence-corrected chi connectivity index (χ1v) is 9.57. The monoisotopic (exact) mass is 424 g/mol. The molecule has 0 N–H and O–H groups in total. The summed E-state index contributed by atoms with van der Waals surface area (Å²) in [6.45, 7) is 1.74. The number of aromatic nitrogens is 2. The molecule has 4 rings (SSSR count). The third-order valence-corrected chi connectivity index (χ3v) is 4.58. The molecule has 0 atom stereocenters. The first kappa shape index (κ1) is 20.5. The van der Waals surface area contributed by atoms with Crippen LogP contribution >= 0.6 is 0 Å². The Bertz CT molecular complexity index is 1200. The number of carbonyl (C=O) groups is 1. The highest BCUT2D eigenvalue weighted by atomic mass is 19.1. The van der Waals surface area contributed by atoms with E-state index in [1.165, 1.54) is 12.3 Å². The van der Waals surface area contributed by atoms with E-state index in [1.54, 1.807) is 6.92 Å². The van der Waals surface area contributed by atoms with Gasteiger partial charge in [0.1, 0.15) is 29.7 Å². The van der Waals surface area contributed by atoms with Crippen molar-refractivity contribution in [3.63, 3.8) is 0 Å². The lowest BCUT2D eigenvalue weighted by Crippen LogP contribution is -2.06. The zero-order valence-electron chi connectivity index (χ0n) is 16.6. The second kappa shape index (κ2) is 8.91. The highest BCUT2D eigenvalue weighted by Gasteiger charge is 2.15. The summed E-state index contributed by atoms with van der Waals surface area (Å²) in [6, 6.07) is 12.6. The predicted molar refractivity (Wildman–Crippen MR) is 107 cm³/mol. The van der Waals surface area contributed by atoms with Crippen molar-refractivity contribution in [3.8, 4) is 22.8 Å². The van der Waals surface area contributed by atoms with Crippen LogP contribution in [0.4, 0.5) is 8.78 Å². The molecule has 2 heterocycles. The van der Waals surface area contributed by atoms with Crippen LogP contribution in [0, 0.1) is 18.6 Å². The number of halogens is 2. The Morgan fingerprint density at radius 3 is 2.68 bits per heavy atom. The van der Waals surface area contributed by atoms with Gasteiger partial charge in [-0.2, -0.15) is 0 Å². The Morgan fingerprint density at radius 1 is 1.10 bits per heavy atom. The van der Waals surface area contributed by atoms with E-state index in [-0.39, 0.29) is 36.7 Å². The Kier molecular flexibility index (Phi) is 5.88. The molecule has 0 saturated heterocycles. The van der Waals surface area contributed by atoms with Crippen LogP contribution in [0.1, 0.15) is 23.8 Å². The minimum atomic E-state index is -0.750. The van der Waals surface area contributed by atoms with Crippen LogP contribution in [0.5, 0.6) is 0 Å². The van der Waals surface area contributed by atoms with E-state index < -0.39 is 17.6 Å². The molecule has 4 aromatic rings. The van der Waals surface area contributed by atoms with Gasteiger partial charge < -0.3 is 13.6 Å². The number of benzene rings is 2. The SMILES string of the molecule is Cc1oc(-c2ccccc2)nc1COC(=O)CCc1ncc(-c2ccc(F)cc2F)o1. The van der Waals surface area contributed by atoms with Crippen LogP contribution in [0.15, 0.2) is 63.6 Å². The highest BCUT2D eigenvalue weighted by molar-refractivity contribution is 5.69. The van der Waals surface area contributed by atoms with Crippen LogP contribution in [-0.4, -0.2) is 15.9 Å². The van der Waals surface area contributed by atoms with E-state index in [0.717, 1.165) is 17.7 Å². The van der Waals surface area contributed by atoms with E-state index >= 15 is 0 Å². The van der Waals surface area contributed by atoms with Crippen LogP contribution in [0.3, 0.4) is 0 Å². The van der Waals surface area contributed by atoms with Crippen molar-refractivity contribution in [2.75, 3.05) is 0 Å². The molecule has 2 aromatic heterocycles. The standard InChI is InChI=1S/C23H18F2N2O4/c1-14-19(27-23(30-14)15-5-3-2-4-6-15)13-29-22(28)10-9-21-26-12-20(31-21)17-8-7-16(24)11-18(17)25/h2-8,11-12H,9-10,13H2,1H3. The quantitative estimate of drug-likeness (QED) is 0.377. The molecule has 0 bridgehead atoms. The number of carbonyl (C=O) groups excluding carboxylic acids is 1. The van der Waals surface area contributed by atoms with E-state index in [2.05, 4.69) is 9.97 Å². The first-order valence-electron chi connectivity index (χ1n) is 9.57. The van der Waals surface area contributed by atoms with Gasteiger partial charge >= 0.3 is 5.97 Å². The summed E-state index contributed by atoms with van der Waals surface area (Å²) in [6.07, 6.45) is 1.53. The number of oxazole rings is 2. The molecule has 2 aromatic carbocycles. The van der Waals surface area contributed by atoms with E-state index in [1.807, 2.05) is 30.3 Å². The fourth-order valence-corrected chi connectivity index (χ4v) is 2.94. The van der Waals surface area contributed by atoms with E-state index in [9.17, 15) is 13.6 Å². The summed E-state index contributed by atoms with van der Waals surface area (Å²) in [4.78, 5) is 20.5. The van der Waals surface area contributed by atoms with Crippen LogP contribution in [-0.2, 0) is 22.6 Å². The fourth-order valence-electron chi connectivity index (χ4n) is 2.94. The van der Waals surface area contributed by atoms with Gasteiger partial charge in [-0.3, -0.25) is 4.79 Å². The number of ether oxygens (including phenoxy) is 1. The van der Waals surface area contributed by atoms with Gasteiger partial charge in [0.15, 0.2) is 11.7 Å². The van der Waals surface area contributed by atoms with Gasteiger partial charge in [-0.1, -0.05) is 18.2 Å². The molecular formula is C23H18F2N2O4. The van der Waals surface area contributed by atoms with Crippen molar-refractivity contribution in [2.24, 2.45) is 0 Å². The van der Waals surface area contributed by atoms with Gasteiger partial charge in [-0.05, 0) is 31.2 Å². The lowest BCUT2D eigenvalue weighted by molar-refractivity contribution is -0.145. The second-order valence-corrected chi connectivity index (χ2v) is 6.79. The van der Waals surface area contributed by atoms with Gasteiger partial charge in [0.05, 0.1) is 18.2 Å². The third kappa shape index (κ3) is 4.85.